The van der Waals surface area contributed by atoms with Gasteiger partial charge in [-0.2, -0.15) is 0 Å². The molecule has 0 aliphatic heterocycles. The minimum Gasteiger partial charge on any atom is -0.398 e. The molecule has 0 heterocycles. The summed E-state index contributed by atoms with van der Waals surface area (Å²) in [6, 6.07) is 4.35. The van der Waals surface area contributed by atoms with Gasteiger partial charge in [-0.05, 0) is 40.5 Å². The minimum absolute atomic E-state index is 0.000822. The van der Waals surface area contributed by atoms with Gasteiger partial charge in [0, 0.05) is 16.7 Å². The number of aliphatic hydroxyl groups is 1. The molecule has 0 amide bonds. The normalized spacial score (nSPS) is 13.6. The predicted molar refractivity (Wildman–Crippen MR) is 70.0 cm³/mol. The van der Waals surface area contributed by atoms with Crippen LogP contribution < -0.4 is 10.5 Å². The monoisotopic (exact) mass is 322 g/mol. The molecule has 7 heteroatoms. The van der Waals surface area contributed by atoms with Crippen molar-refractivity contribution in [3.05, 3.63) is 22.7 Å². The number of nitrogen functional groups attached to an aromatic ring is 1. The van der Waals surface area contributed by atoms with Crippen molar-refractivity contribution >= 4 is 31.6 Å². The molecule has 0 aliphatic rings. The summed E-state index contributed by atoms with van der Waals surface area (Å²) in [5, 5.41) is 9.31. The lowest BCUT2D eigenvalue weighted by Gasteiger charge is -2.10. The zero-order chi connectivity index (χ0) is 13.1. The highest BCUT2D eigenvalue weighted by molar-refractivity contribution is 9.10. The lowest BCUT2D eigenvalue weighted by atomic mass is 10.3. The second kappa shape index (κ2) is 5.81. The van der Waals surface area contributed by atoms with Crippen LogP contribution >= 0.6 is 15.9 Å². The molecule has 1 atom stereocenters. The van der Waals surface area contributed by atoms with Crippen LogP contribution in [-0.4, -0.2) is 26.2 Å². The zero-order valence-corrected chi connectivity index (χ0v) is 11.8. The van der Waals surface area contributed by atoms with Gasteiger partial charge < -0.3 is 10.8 Å². The average molecular weight is 323 g/mol. The van der Waals surface area contributed by atoms with E-state index in [2.05, 4.69) is 20.7 Å². The summed E-state index contributed by atoms with van der Waals surface area (Å²) < 4.78 is 26.5. The number of nitrogens with two attached hydrogens (primary N) is 1. The smallest absolute Gasteiger partial charge is 0.240 e. The molecule has 0 saturated carbocycles. The summed E-state index contributed by atoms with van der Waals surface area (Å²) in [7, 11) is -3.60. The van der Waals surface area contributed by atoms with Crippen molar-refractivity contribution in [2.45, 2.75) is 24.3 Å². The maximum absolute atomic E-state index is 11.8. The standard InChI is InChI=1S/C10H15BrN2O3S/c1-2-7(14)6-13-17(15,16)8-3-4-10(12)9(11)5-8/h3-5,7,13-14H,2,6,12H2,1H3. The third-order valence-electron chi connectivity index (χ3n) is 2.26. The van der Waals surface area contributed by atoms with E-state index in [9.17, 15) is 13.5 Å². The van der Waals surface area contributed by atoms with Gasteiger partial charge in [-0.25, -0.2) is 13.1 Å². The van der Waals surface area contributed by atoms with Crippen molar-refractivity contribution in [2.75, 3.05) is 12.3 Å². The van der Waals surface area contributed by atoms with Crippen LogP contribution in [0.3, 0.4) is 0 Å². The first-order valence-electron chi connectivity index (χ1n) is 5.09. The maximum Gasteiger partial charge on any atom is 0.240 e. The quantitative estimate of drug-likeness (QED) is 0.707. The summed E-state index contributed by atoms with van der Waals surface area (Å²) in [6.45, 7) is 1.78. The average Bonchev–Trinajstić information content (AvgIpc) is 2.29. The molecule has 0 saturated heterocycles. The van der Waals surface area contributed by atoms with Crippen molar-refractivity contribution in [1.29, 1.82) is 0 Å². The van der Waals surface area contributed by atoms with Crippen molar-refractivity contribution in [3.63, 3.8) is 0 Å². The van der Waals surface area contributed by atoms with Gasteiger partial charge in [0.15, 0.2) is 0 Å². The van der Waals surface area contributed by atoms with Gasteiger partial charge in [0.2, 0.25) is 10.0 Å². The van der Waals surface area contributed by atoms with Crippen molar-refractivity contribution < 1.29 is 13.5 Å². The number of benzene rings is 1. The molecule has 5 nitrogen and oxygen atoms in total. The van der Waals surface area contributed by atoms with E-state index in [1.54, 1.807) is 6.92 Å². The number of aliphatic hydroxyl groups excluding tert-OH is 1. The summed E-state index contributed by atoms with van der Waals surface area (Å²) in [5.74, 6) is 0. The van der Waals surface area contributed by atoms with Gasteiger partial charge >= 0.3 is 0 Å². The highest BCUT2D eigenvalue weighted by atomic mass is 79.9. The summed E-state index contributed by atoms with van der Waals surface area (Å²) in [5.41, 5.74) is 6.04. The highest BCUT2D eigenvalue weighted by Crippen LogP contribution is 2.22. The molecular formula is C10H15BrN2O3S. The SMILES string of the molecule is CCC(O)CNS(=O)(=O)c1ccc(N)c(Br)c1. The van der Waals surface area contributed by atoms with Crippen molar-refractivity contribution in [3.8, 4) is 0 Å². The van der Waals surface area contributed by atoms with E-state index in [1.807, 2.05) is 0 Å². The van der Waals surface area contributed by atoms with Gasteiger partial charge in [-0.1, -0.05) is 6.92 Å². The Morgan fingerprint density at radius 2 is 2.18 bits per heavy atom. The van der Waals surface area contributed by atoms with Gasteiger partial charge in [-0.3, -0.25) is 0 Å². The van der Waals surface area contributed by atoms with E-state index < -0.39 is 16.1 Å². The Balaban J connectivity index is 2.86. The molecule has 1 aromatic rings. The molecule has 0 aliphatic carbocycles. The van der Waals surface area contributed by atoms with Crippen molar-refractivity contribution in [1.82, 2.24) is 4.72 Å². The highest BCUT2D eigenvalue weighted by Gasteiger charge is 2.16. The molecule has 17 heavy (non-hydrogen) atoms. The van der Waals surface area contributed by atoms with Gasteiger partial charge in [0.05, 0.1) is 11.0 Å². The van der Waals surface area contributed by atoms with E-state index in [0.717, 1.165) is 0 Å². The zero-order valence-electron chi connectivity index (χ0n) is 9.35. The van der Waals surface area contributed by atoms with Crippen molar-refractivity contribution in [2.24, 2.45) is 0 Å². The number of anilines is 1. The summed E-state index contributed by atoms with van der Waals surface area (Å²) in [6.07, 6.45) is -0.185. The Kier molecular flexibility index (Phi) is 4.93. The predicted octanol–water partition coefficient (Wildman–Crippen LogP) is 1.08. The lowest BCUT2D eigenvalue weighted by Crippen LogP contribution is -2.31. The van der Waals surface area contributed by atoms with E-state index in [1.165, 1.54) is 18.2 Å². The fourth-order valence-corrected chi connectivity index (χ4v) is 2.74. The van der Waals surface area contributed by atoms with Gasteiger partial charge in [-0.15, -0.1) is 0 Å². The maximum atomic E-state index is 11.8. The molecule has 96 valence electrons. The fourth-order valence-electron chi connectivity index (χ4n) is 1.11. The van der Waals surface area contributed by atoms with E-state index in [4.69, 9.17) is 5.73 Å². The Morgan fingerprint density at radius 1 is 1.53 bits per heavy atom. The number of hydrogen-bond acceptors (Lipinski definition) is 4. The van der Waals surface area contributed by atoms with E-state index in [-0.39, 0.29) is 11.4 Å². The van der Waals surface area contributed by atoms with Gasteiger partial charge in [0.25, 0.3) is 0 Å². The Bertz CT molecular complexity index is 490. The molecule has 1 unspecified atom stereocenters. The molecule has 0 spiro atoms. The molecule has 0 aromatic heterocycles. The molecule has 0 fully saturated rings. The molecular weight excluding hydrogens is 308 g/mol. The Morgan fingerprint density at radius 3 is 2.71 bits per heavy atom. The minimum atomic E-state index is -3.60. The molecule has 4 N–H and O–H groups in total. The number of sulfonamides is 1. The second-order valence-corrected chi connectivity index (χ2v) is 6.22. The molecule has 0 radical (unpaired) electrons. The molecule has 1 rings (SSSR count). The van der Waals surface area contributed by atoms with Crippen LogP contribution in [0.15, 0.2) is 27.6 Å². The first-order valence-corrected chi connectivity index (χ1v) is 7.37. The fraction of sp³-hybridized carbons (Fsp3) is 0.400. The second-order valence-electron chi connectivity index (χ2n) is 3.60. The first-order chi connectivity index (χ1) is 7.86. The van der Waals surface area contributed by atoms with Crippen LogP contribution in [0.25, 0.3) is 0 Å². The topological polar surface area (TPSA) is 92.4 Å². The number of rotatable bonds is 5. The molecule has 0 bridgehead atoms. The van der Waals surface area contributed by atoms with Gasteiger partial charge in [0.1, 0.15) is 0 Å². The van der Waals surface area contributed by atoms with Crippen LogP contribution in [-0.2, 0) is 10.0 Å². The van der Waals surface area contributed by atoms with E-state index in [0.29, 0.717) is 16.6 Å². The van der Waals surface area contributed by atoms with Crippen LogP contribution in [0.5, 0.6) is 0 Å². The van der Waals surface area contributed by atoms with Crippen LogP contribution in [0.2, 0.25) is 0 Å². The number of hydrogen-bond donors (Lipinski definition) is 3. The Hall–Kier alpha value is -0.630. The Labute approximate surface area is 109 Å². The summed E-state index contributed by atoms with van der Waals surface area (Å²) >= 11 is 3.17. The third-order valence-corrected chi connectivity index (χ3v) is 4.37. The molecule has 1 aromatic carbocycles. The van der Waals surface area contributed by atoms with Crippen LogP contribution in [0, 0.1) is 0 Å². The first kappa shape index (κ1) is 14.4. The van der Waals surface area contributed by atoms with Crippen LogP contribution in [0.4, 0.5) is 5.69 Å². The lowest BCUT2D eigenvalue weighted by molar-refractivity contribution is 0.174. The van der Waals surface area contributed by atoms with Crippen LogP contribution in [0.1, 0.15) is 13.3 Å². The summed E-state index contributed by atoms with van der Waals surface area (Å²) in [4.78, 5) is 0.113. The number of nitrogens with one attached hydrogen (secondary N) is 1. The number of halogens is 1. The largest absolute Gasteiger partial charge is 0.398 e. The third kappa shape index (κ3) is 3.95. The van der Waals surface area contributed by atoms with E-state index >= 15 is 0 Å².